The molecule has 3 aliphatic carbocycles. The first kappa shape index (κ1) is 47.4. The lowest BCUT2D eigenvalue weighted by atomic mass is 9.70. The van der Waals surface area contributed by atoms with Crippen molar-refractivity contribution in [1.29, 1.82) is 0 Å². The third-order valence-corrected chi connectivity index (χ3v) is 20.0. The molecule has 3 saturated carbocycles. The molecule has 2 spiro atoms. The highest BCUT2D eigenvalue weighted by molar-refractivity contribution is 8.77. The Bertz CT molecular complexity index is 2140. The number of allylic oxidation sites excluding steroid dienone is 2. The van der Waals surface area contributed by atoms with Gasteiger partial charge in [0, 0.05) is 79.4 Å². The topological polar surface area (TPSA) is 185 Å². The molecule has 4 fully saturated rings. The van der Waals surface area contributed by atoms with Crippen molar-refractivity contribution in [3.63, 3.8) is 0 Å². The number of guanidine groups is 1. The number of phenols is 1. The Labute approximate surface area is 400 Å². The number of hydrogen-bond acceptors (Lipinski definition) is 13. The predicted octanol–water partition coefficient (Wildman–Crippen LogP) is 7.88. The van der Waals surface area contributed by atoms with Gasteiger partial charge in [0.05, 0.1) is 18.5 Å². The number of dihydropyridines is 1. The Morgan fingerprint density at radius 1 is 1.05 bits per heavy atom. The molecule has 8 aliphatic rings. The molecule has 360 valence electrons. The number of nitrogens with two attached hydrogens (primary N) is 2. The van der Waals surface area contributed by atoms with Gasteiger partial charge in [-0.1, -0.05) is 52.8 Å². The fraction of sp³-hybridized carbons (Fsp3) is 0.712. The van der Waals surface area contributed by atoms with Crippen LogP contribution in [0.15, 0.2) is 34.6 Å². The SMILES string of the molecule is CC(=O)O[C@@H]1CCc2cc(c(O)c3c2CC[C@H]2CCC[C@H]2O3)CN2C[C@](CC3=CCNC(N)=C3)(CC2=O)[C@H]2C#CC[C@H]3CC[C@]4(CCC[C@@]4(NC(N)=NC2)SSCCCCCC[C@H](O)C1)C3. The maximum Gasteiger partial charge on any atom is 0.302 e. The number of carbonyl (C=O) groups excluding carboxylic acids is 2. The number of esters is 1. The van der Waals surface area contributed by atoms with Gasteiger partial charge < -0.3 is 46.7 Å². The van der Waals surface area contributed by atoms with Gasteiger partial charge in [0.25, 0.3) is 0 Å². The van der Waals surface area contributed by atoms with E-state index in [0.29, 0.717) is 86.7 Å². The number of fused-ring (bicyclic) bond motifs is 12. The Kier molecular flexibility index (Phi) is 14.7. The van der Waals surface area contributed by atoms with Crippen LogP contribution in [0.1, 0.15) is 152 Å². The zero-order chi connectivity index (χ0) is 45.9. The molecule has 12 nitrogen and oxygen atoms in total. The minimum atomic E-state index is -0.603. The number of amides is 1. The normalized spacial score (nSPS) is 35.5. The molecule has 14 heteroatoms. The Hall–Kier alpha value is -3.67. The van der Waals surface area contributed by atoms with Crippen molar-refractivity contribution in [2.24, 2.45) is 45.0 Å². The van der Waals surface area contributed by atoms with E-state index in [2.05, 4.69) is 34.6 Å². The summed E-state index contributed by atoms with van der Waals surface area (Å²) in [7, 11) is 3.95. The van der Waals surface area contributed by atoms with Gasteiger partial charge in [-0.2, -0.15) is 0 Å². The second kappa shape index (κ2) is 20.5. The number of aryl methyl sites for hydroxylation is 1. The number of nitrogens with zero attached hydrogens (tertiary/aromatic N) is 2. The summed E-state index contributed by atoms with van der Waals surface area (Å²) in [4.78, 5) is 34.0. The van der Waals surface area contributed by atoms with Gasteiger partial charge in [-0.25, -0.2) is 0 Å². The highest BCUT2D eigenvalue weighted by Crippen LogP contribution is 2.64. The van der Waals surface area contributed by atoms with Crippen molar-refractivity contribution in [1.82, 2.24) is 15.5 Å². The summed E-state index contributed by atoms with van der Waals surface area (Å²) in [6.07, 6.45) is 23.0. The van der Waals surface area contributed by atoms with E-state index in [1.165, 1.54) is 13.3 Å². The van der Waals surface area contributed by atoms with Crippen LogP contribution in [0.3, 0.4) is 0 Å². The molecule has 5 aliphatic heterocycles. The standard InChI is InChI=1S/C52H74N6O6S2/c1-34(59)63-42-16-14-38-26-39(47(62)48-43(38)17-15-37-10-7-13-44(37)64-48)32-58-33-50(30-46(58)61,28-36-19-23-55-45(53)25-36)40-11-6-9-35-18-22-51(29-35)20-8-21-52(51,57-49(54)56-31-40)66-65-24-5-3-2-4-12-41(60)27-42/h19,25-26,35,37,40-42,44,55,60,62H,2-5,7-10,12-18,20-24,27-33,53H2,1H3,(H3,54,56,57)/t35-,37+,40-,41-,42+,44+,50-,51+,52+/m0/s1. The summed E-state index contributed by atoms with van der Waals surface area (Å²) >= 11 is 0. The Morgan fingerprint density at radius 2 is 1.92 bits per heavy atom. The first-order valence-electron chi connectivity index (χ1n) is 25.4. The van der Waals surface area contributed by atoms with Crippen molar-refractivity contribution < 1.29 is 29.3 Å². The number of aliphatic hydroxyl groups excluding tert-OH is 1. The molecule has 1 aromatic rings. The lowest BCUT2D eigenvalue weighted by Gasteiger charge is -2.44. The first-order chi connectivity index (χ1) is 31.9. The molecule has 0 radical (unpaired) electrons. The number of phenolic OH excluding ortho intramolecular Hbond substituents is 1. The number of carbonyl (C=O) groups is 2. The molecular formula is C52H74N6O6S2. The summed E-state index contributed by atoms with van der Waals surface area (Å²) in [5, 5.41) is 30.7. The largest absolute Gasteiger partial charge is 0.504 e. The predicted molar refractivity (Wildman–Crippen MR) is 263 cm³/mol. The third kappa shape index (κ3) is 10.3. The highest BCUT2D eigenvalue weighted by atomic mass is 33.1. The molecule has 1 aromatic carbocycles. The molecular weight excluding hydrogens is 869 g/mol. The van der Waals surface area contributed by atoms with E-state index in [1.807, 2.05) is 32.6 Å². The van der Waals surface area contributed by atoms with Gasteiger partial charge in [-0.3, -0.25) is 14.6 Å². The van der Waals surface area contributed by atoms with Crippen molar-refractivity contribution in [3.05, 3.63) is 46.3 Å². The van der Waals surface area contributed by atoms with Crippen LogP contribution in [-0.4, -0.2) is 81.5 Å². The van der Waals surface area contributed by atoms with E-state index < -0.39 is 17.6 Å². The van der Waals surface area contributed by atoms with Gasteiger partial charge in [0.1, 0.15) is 17.1 Å². The van der Waals surface area contributed by atoms with Gasteiger partial charge >= 0.3 is 5.97 Å². The molecule has 9 atom stereocenters. The molecule has 8 bridgehead atoms. The second-order valence-corrected chi connectivity index (χ2v) is 23.9. The first-order valence-corrected chi connectivity index (χ1v) is 27.7. The minimum Gasteiger partial charge on any atom is -0.504 e. The number of ether oxygens (including phenoxy) is 2. The average molecular weight is 943 g/mol. The van der Waals surface area contributed by atoms with Crippen LogP contribution in [-0.2, 0) is 33.7 Å². The van der Waals surface area contributed by atoms with Crippen LogP contribution in [0.25, 0.3) is 0 Å². The van der Waals surface area contributed by atoms with E-state index in [9.17, 15) is 19.8 Å². The van der Waals surface area contributed by atoms with E-state index in [0.717, 1.165) is 119 Å². The molecule has 1 saturated heterocycles. The van der Waals surface area contributed by atoms with Crippen LogP contribution < -0.4 is 26.8 Å². The number of nitrogens with one attached hydrogen (secondary N) is 2. The Balaban J connectivity index is 1.09. The number of rotatable bonds is 3. The van der Waals surface area contributed by atoms with Crippen LogP contribution >= 0.6 is 21.6 Å². The molecule has 8 N–H and O–H groups in total. The van der Waals surface area contributed by atoms with Crippen molar-refractivity contribution in [3.8, 4) is 23.3 Å². The molecule has 5 heterocycles. The zero-order valence-electron chi connectivity index (χ0n) is 39.2. The zero-order valence-corrected chi connectivity index (χ0v) is 40.8. The summed E-state index contributed by atoms with van der Waals surface area (Å²) in [5.74, 6) is 10.6. The van der Waals surface area contributed by atoms with E-state index in [4.69, 9.17) is 25.9 Å². The smallest absolute Gasteiger partial charge is 0.302 e. The van der Waals surface area contributed by atoms with Crippen LogP contribution in [0.4, 0.5) is 0 Å². The quantitative estimate of drug-likeness (QED) is 0.0981. The van der Waals surface area contributed by atoms with Crippen LogP contribution in [0, 0.1) is 40.4 Å². The average Bonchev–Trinajstić information content (AvgIpc) is 4.03. The summed E-state index contributed by atoms with van der Waals surface area (Å²) in [5.41, 5.74) is 16.7. The van der Waals surface area contributed by atoms with E-state index in [1.54, 1.807) is 0 Å². The minimum absolute atomic E-state index is 0.0114. The number of aromatic hydroxyl groups is 1. The summed E-state index contributed by atoms with van der Waals surface area (Å²) < 4.78 is 12.7. The number of hydrogen-bond donors (Lipinski definition) is 6. The van der Waals surface area contributed by atoms with Crippen molar-refractivity contribution in [2.45, 2.75) is 178 Å². The molecule has 1 amide bonds. The second-order valence-electron chi connectivity index (χ2n) is 21.2. The molecule has 0 unspecified atom stereocenters. The fourth-order valence-corrected chi connectivity index (χ4v) is 16.9. The molecule has 0 aromatic heterocycles. The van der Waals surface area contributed by atoms with Crippen LogP contribution in [0.5, 0.6) is 11.5 Å². The highest BCUT2D eigenvalue weighted by Gasteiger charge is 2.59. The van der Waals surface area contributed by atoms with E-state index in [-0.39, 0.29) is 52.9 Å². The Morgan fingerprint density at radius 3 is 2.79 bits per heavy atom. The van der Waals surface area contributed by atoms with E-state index >= 15 is 0 Å². The van der Waals surface area contributed by atoms with Gasteiger partial charge in [-0.05, 0) is 138 Å². The third-order valence-electron chi connectivity index (χ3n) is 16.7. The number of benzene rings is 1. The summed E-state index contributed by atoms with van der Waals surface area (Å²) in [6, 6.07) is 2.07. The van der Waals surface area contributed by atoms with Crippen LogP contribution in [0.2, 0.25) is 0 Å². The monoisotopic (exact) mass is 943 g/mol. The fourth-order valence-electron chi connectivity index (χ4n) is 13.3. The number of aliphatic imine (C=N–C) groups is 1. The molecule has 66 heavy (non-hydrogen) atoms. The van der Waals surface area contributed by atoms with Gasteiger partial charge in [0.2, 0.25) is 5.91 Å². The maximum atomic E-state index is 14.7. The lowest BCUT2D eigenvalue weighted by Crippen LogP contribution is -2.56. The van der Waals surface area contributed by atoms with Crippen molar-refractivity contribution >= 4 is 39.4 Å². The van der Waals surface area contributed by atoms with Gasteiger partial charge in [0.15, 0.2) is 17.5 Å². The van der Waals surface area contributed by atoms with Crippen molar-refractivity contribution in [2.75, 3.05) is 25.4 Å². The number of aliphatic hydroxyl groups is 1. The summed E-state index contributed by atoms with van der Waals surface area (Å²) in [6.45, 7) is 3.06. The lowest BCUT2D eigenvalue weighted by molar-refractivity contribution is -0.148. The van der Waals surface area contributed by atoms with Gasteiger partial charge in [-0.15, -0.1) is 5.92 Å². The maximum absolute atomic E-state index is 14.7. The molecule has 9 rings (SSSR count).